The number of nitrogens with zero attached hydrogens (tertiary/aromatic N) is 3. The van der Waals surface area contributed by atoms with E-state index in [1.54, 1.807) is 12.4 Å². The van der Waals surface area contributed by atoms with Gasteiger partial charge in [0, 0.05) is 12.7 Å². The van der Waals surface area contributed by atoms with E-state index in [1.807, 2.05) is 19.9 Å². The van der Waals surface area contributed by atoms with Crippen LogP contribution in [0.2, 0.25) is 0 Å². The summed E-state index contributed by atoms with van der Waals surface area (Å²) in [7, 11) is 0. The highest BCUT2D eigenvalue weighted by molar-refractivity contribution is 4.99. The molecule has 0 aromatic carbocycles. The average Bonchev–Trinajstić information content (AvgIpc) is 2.74. The van der Waals surface area contributed by atoms with E-state index in [0.717, 1.165) is 11.5 Å². The molecule has 0 aliphatic rings. The van der Waals surface area contributed by atoms with Crippen LogP contribution in [0, 0.1) is 6.92 Å². The van der Waals surface area contributed by atoms with Crippen LogP contribution in [-0.4, -0.2) is 15.0 Å². The summed E-state index contributed by atoms with van der Waals surface area (Å²) in [5, 5.41) is 3.28. The molecule has 2 aromatic heterocycles. The van der Waals surface area contributed by atoms with Crippen LogP contribution in [0.5, 0.6) is 0 Å². The quantitative estimate of drug-likeness (QED) is 0.844. The lowest BCUT2D eigenvalue weighted by Gasteiger charge is -2.09. The number of oxazole rings is 1. The zero-order chi connectivity index (χ0) is 11.4. The Hall–Kier alpha value is -1.75. The van der Waals surface area contributed by atoms with Gasteiger partial charge >= 0.3 is 0 Å². The van der Waals surface area contributed by atoms with Gasteiger partial charge in [-0.2, -0.15) is 0 Å². The van der Waals surface area contributed by atoms with Gasteiger partial charge in [-0.05, 0) is 19.9 Å². The fourth-order valence-electron chi connectivity index (χ4n) is 1.34. The minimum atomic E-state index is 0.0728. The Balaban J connectivity index is 1.91. The number of aromatic nitrogens is 3. The van der Waals surface area contributed by atoms with Gasteiger partial charge < -0.3 is 9.73 Å². The highest BCUT2D eigenvalue weighted by atomic mass is 16.4. The van der Waals surface area contributed by atoms with Crippen molar-refractivity contribution in [1.82, 2.24) is 20.3 Å². The molecule has 0 radical (unpaired) electrons. The number of aryl methyl sites for hydroxylation is 1. The standard InChI is InChI=1S/C11H14N4O/c1-8-5-14-11(16-8)9(2)13-6-10-3-4-12-7-15-10/h3-5,7,9,13H,6H2,1-2H3. The Kier molecular flexibility index (Phi) is 3.26. The maximum absolute atomic E-state index is 5.43. The summed E-state index contributed by atoms with van der Waals surface area (Å²) in [5.41, 5.74) is 0.949. The first kappa shape index (κ1) is 10.8. The topological polar surface area (TPSA) is 63.8 Å². The molecule has 5 heteroatoms. The van der Waals surface area contributed by atoms with Crippen LogP contribution in [0.4, 0.5) is 0 Å². The van der Waals surface area contributed by atoms with Crippen molar-refractivity contribution >= 4 is 0 Å². The Morgan fingerprint density at radius 1 is 1.44 bits per heavy atom. The molecule has 1 N–H and O–H groups in total. The van der Waals surface area contributed by atoms with Gasteiger partial charge in [-0.3, -0.25) is 0 Å². The number of rotatable bonds is 4. The summed E-state index contributed by atoms with van der Waals surface area (Å²) in [4.78, 5) is 12.2. The Morgan fingerprint density at radius 3 is 2.94 bits per heavy atom. The van der Waals surface area contributed by atoms with Gasteiger partial charge in [0.05, 0.1) is 17.9 Å². The molecule has 0 aliphatic heterocycles. The summed E-state index contributed by atoms with van der Waals surface area (Å²) in [5.74, 6) is 1.53. The Labute approximate surface area is 94.0 Å². The number of hydrogen-bond donors (Lipinski definition) is 1. The van der Waals surface area contributed by atoms with Crippen LogP contribution in [-0.2, 0) is 6.54 Å². The summed E-state index contributed by atoms with van der Waals surface area (Å²) >= 11 is 0. The van der Waals surface area contributed by atoms with E-state index in [4.69, 9.17) is 4.42 Å². The molecule has 16 heavy (non-hydrogen) atoms. The molecule has 0 saturated heterocycles. The van der Waals surface area contributed by atoms with Gasteiger partial charge in [-0.15, -0.1) is 0 Å². The lowest BCUT2D eigenvalue weighted by Crippen LogP contribution is -2.19. The highest BCUT2D eigenvalue weighted by Gasteiger charge is 2.10. The molecule has 2 rings (SSSR count). The van der Waals surface area contributed by atoms with Crippen LogP contribution >= 0.6 is 0 Å². The van der Waals surface area contributed by atoms with Crippen LogP contribution in [0.3, 0.4) is 0 Å². The lowest BCUT2D eigenvalue weighted by atomic mass is 10.3. The minimum Gasteiger partial charge on any atom is -0.444 e. The Bertz CT molecular complexity index is 440. The molecule has 0 bridgehead atoms. The molecule has 5 nitrogen and oxygen atoms in total. The zero-order valence-electron chi connectivity index (χ0n) is 9.34. The summed E-state index contributed by atoms with van der Waals surface area (Å²) in [6.07, 6.45) is 4.99. The molecular weight excluding hydrogens is 204 g/mol. The average molecular weight is 218 g/mol. The number of nitrogens with one attached hydrogen (secondary N) is 1. The van der Waals surface area contributed by atoms with Gasteiger partial charge in [0.25, 0.3) is 0 Å². The van der Waals surface area contributed by atoms with Crippen LogP contribution in [0.1, 0.15) is 30.3 Å². The van der Waals surface area contributed by atoms with Crippen molar-refractivity contribution in [2.24, 2.45) is 0 Å². The minimum absolute atomic E-state index is 0.0728. The van der Waals surface area contributed by atoms with Gasteiger partial charge in [0.15, 0.2) is 0 Å². The van der Waals surface area contributed by atoms with E-state index in [0.29, 0.717) is 12.4 Å². The van der Waals surface area contributed by atoms with Crippen molar-refractivity contribution in [1.29, 1.82) is 0 Å². The third-order valence-electron chi connectivity index (χ3n) is 2.24. The zero-order valence-corrected chi connectivity index (χ0v) is 9.34. The third-order valence-corrected chi connectivity index (χ3v) is 2.24. The molecule has 2 heterocycles. The van der Waals surface area contributed by atoms with Crippen molar-refractivity contribution in [3.05, 3.63) is 42.1 Å². The molecule has 0 amide bonds. The van der Waals surface area contributed by atoms with Crippen molar-refractivity contribution in [2.45, 2.75) is 26.4 Å². The second-order valence-corrected chi connectivity index (χ2v) is 3.61. The normalized spacial score (nSPS) is 12.6. The SMILES string of the molecule is Cc1cnc(C(C)NCc2ccncn2)o1. The molecule has 0 aliphatic carbocycles. The maximum Gasteiger partial charge on any atom is 0.211 e. The third kappa shape index (κ3) is 2.64. The summed E-state index contributed by atoms with van der Waals surface area (Å²) < 4.78 is 5.43. The van der Waals surface area contributed by atoms with E-state index in [9.17, 15) is 0 Å². The molecule has 1 atom stereocenters. The van der Waals surface area contributed by atoms with Gasteiger partial charge in [-0.1, -0.05) is 0 Å². The van der Waals surface area contributed by atoms with Crippen molar-refractivity contribution in [3.8, 4) is 0 Å². The van der Waals surface area contributed by atoms with Crippen LogP contribution < -0.4 is 5.32 Å². The molecule has 0 fully saturated rings. The van der Waals surface area contributed by atoms with Gasteiger partial charge in [0.2, 0.25) is 5.89 Å². The van der Waals surface area contributed by atoms with Gasteiger partial charge in [-0.25, -0.2) is 15.0 Å². The molecule has 0 spiro atoms. The van der Waals surface area contributed by atoms with E-state index < -0.39 is 0 Å². The van der Waals surface area contributed by atoms with E-state index >= 15 is 0 Å². The number of hydrogen-bond acceptors (Lipinski definition) is 5. The van der Waals surface area contributed by atoms with Crippen molar-refractivity contribution in [2.75, 3.05) is 0 Å². The summed E-state index contributed by atoms with van der Waals surface area (Å²) in [6.45, 7) is 4.56. The van der Waals surface area contributed by atoms with Gasteiger partial charge in [0.1, 0.15) is 12.1 Å². The molecular formula is C11H14N4O. The fraction of sp³-hybridized carbons (Fsp3) is 0.364. The van der Waals surface area contributed by atoms with Crippen LogP contribution in [0.15, 0.2) is 29.2 Å². The first-order valence-electron chi connectivity index (χ1n) is 5.16. The largest absolute Gasteiger partial charge is 0.444 e. The lowest BCUT2D eigenvalue weighted by molar-refractivity contribution is 0.401. The highest BCUT2D eigenvalue weighted by Crippen LogP contribution is 2.12. The summed E-state index contributed by atoms with van der Waals surface area (Å²) in [6, 6.07) is 1.95. The fourth-order valence-corrected chi connectivity index (χ4v) is 1.34. The molecule has 0 saturated carbocycles. The first-order valence-corrected chi connectivity index (χ1v) is 5.16. The van der Waals surface area contributed by atoms with Crippen molar-refractivity contribution in [3.63, 3.8) is 0 Å². The van der Waals surface area contributed by atoms with Crippen molar-refractivity contribution < 1.29 is 4.42 Å². The second-order valence-electron chi connectivity index (χ2n) is 3.61. The molecule has 1 unspecified atom stereocenters. The monoisotopic (exact) mass is 218 g/mol. The molecule has 2 aromatic rings. The van der Waals surface area contributed by atoms with E-state index in [-0.39, 0.29) is 6.04 Å². The predicted molar refractivity (Wildman–Crippen MR) is 58.5 cm³/mol. The van der Waals surface area contributed by atoms with E-state index in [2.05, 4.69) is 20.3 Å². The Morgan fingerprint density at radius 2 is 2.31 bits per heavy atom. The smallest absolute Gasteiger partial charge is 0.211 e. The second kappa shape index (κ2) is 4.85. The molecule has 84 valence electrons. The van der Waals surface area contributed by atoms with E-state index in [1.165, 1.54) is 6.33 Å². The predicted octanol–water partition coefficient (Wildman–Crippen LogP) is 1.62. The van der Waals surface area contributed by atoms with Crippen LogP contribution in [0.25, 0.3) is 0 Å². The maximum atomic E-state index is 5.43. The first-order chi connectivity index (χ1) is 7.75.